The molecule has 2 saturated heterocycles. The summed E-state index contributed by atoms with van der Waals surface area (Å²) in [5, 5.41) is 8.75. The summed E-state index contributed by atoms with van der Waals surface area (Å²) in [5.74, 6) is 0. The molecule has 4 heteroatoms. The zero-order valence-electron chi connectivity index (χ0n) is 7.12. The molecule has 4 nitrogen and oxygen atoms in total. The molecule has 0 radical (unpaired) electrons. The summed E-state index contributed by atoms with van der Waals surface area (Å²) in [4.78, 5) is 12.1. The molecule has 0 aromatic carbocycles. The van der Waals surface area contributed by atoms with Crippen LogP contribution in [0.15, 0.2) is 0 Å². The van der Waals surface area contributed by atoms with Gasteiger partial charge in [0.1, 0.15) is 5.60 Å². The van der Waals surface area contributed by atoms with Crippen molar-refractivity contribution in [1.82, 2.24) is 4.90 Å². The van der Waals surface area contributed by atoms with Crippen LogP contribution in [0.4, 0.5) is 4.79 Å². The molecule has 1 spiro atoms. The minimum absolute atomic E-state index is 0.114. The number of likely N-dealkylation sites (tertiary alicyclic amines) is 1. The van der Waals surface area contributed by atoms with Gasteiger partial charge in [-0.25, -0.2) is 4.79 Å². The van der Waals surface area contributed by atoms with E-state index in [1.165, 1.54) is 4.90 Å². The molecule has 2 aliphatic heterocycles. The van der Waals surface area contributed by atoms with E-state index in [1.54, 1.807) is 0 Å². The van der Waals surface area contributed by atoms with Crippen LogP contribution in [-0.2, 0) is 4.74 Å². The summed E-state index contributed by atoms with van der Waals surface area (Å²) in [5.41, 5.74) is -0.114. The second-order valence-corrected chi connectivity index (χ2v) is 3.63. The van der Waals surface area contributed by atoms with Crippen molar-refractivity contribution in [3.63, 3.8) is 0 Å². The van der Waals surface area contributed by atoms with Crippen molar-refractivity contribution in [2.24, 2.45) is 0 Å². The topological polar surface area (TPSA) is 53.1 Å². The van der Waals surface area contributed by atoms with Gasteiger partial charge in [0.15, 0.2) is 0 Å². The molecule has 2 heterocycles. The Balaban J connectivity index is 2.00. The third-order valence-corrected chi connectivity index (χ3v) is 2.85. The van der Waals surface area contributed by atoms with Gasteiger partial charge in [-0.2, -0.15) is 0 Å². The van der Waals surface area contributed by atoms with Gasteiger partial charge in [0.2, 0.25) is 0 Å². The van der Waals surface area contributed by atoms with Gasteiger partial charge in [-0.3, -0.25) is 0 Å². The molecule has 0 aromatic rings. The Morgan fingerprint density at radius 3 is 2.92 bits per heavy atom. The first-order valence-electron chi connectivity index (χ1n) is 4.30. The van der Waals surface area contributed by atoms with Crippen molar-refractivity contribution in [2.45, 2.75) is 31.5 Å². The highest BCUT2D eigenvalue weighted by molar-refractivity contribution is 5.65. The van der Waals surface area contributed by atoms with Crippen molar-refractivity contribution in [2.75, 3.05) is 13.1 Å². The predicted octanol–water partition coefficient (Wildman–Crippen LogP) is 0.918. The van der Waals surface area contributed by atoms with Crippen LogP contribution in [0.5, 0.6) is 0 Å². The van der Waals surface area contributed by atoms with Gasteiger partial charge < -0.3 is 14.7 Å². The van der Waals surface area contributed by atoms with Gasteiger partial charge >= 0.3 is 6.09 Å². The molecule has 68 valence electrons. The minimum Gasteiger partial charge on any atom is -0.465 e. The van der Waals surface area contributed by atoms with Gasteiger partial charge in [0.25, 0.3) is 0 Å². The van der Waals surface area contributed by atoms with Crippen LogP contribution in [0.3, 0.4) is 0 Å². The number of epoxide rings is 1. The number of amides is 1. The summed E-state index contributed by atoms with van der Waals surface area (Å²) in [6.45, 7) is 3.22. The van der Waals surface area contributed by atoms with E-state index in [4.69, 9.17) is 9.84 Å². The number of nitrogens with zero attached hydrogens (tertiary/aromatic N) is 1. The minimum atomic E-state index is -0.822. The lowest BCUT2D eigenvalue weighted by Crippen LogP contribution is -2.44. The quantitative estimate of drug-likeness (QED) is 0.551. The lowest BCUT2D eigenvalue weighted by atomic mass is 9.95. The van der Waals surface area contributed by atoms with E-state index in [2.05, 4.69) is 0 Å². The highest BCUT2D eigenvalue weighted by Crippen LogP contribution is 2.43. The zero-order chi connectivity index (χ0) is 8.77. The van der Waals surface area contributed by atoms with Crippen LogP contribution in [0.1, 0.15) is 19.8 Å². The fraction of sp³-hybridized carbons (Fsp3) is 0.875. The SMILES string of the molecule is CC1OC12CCCN(C(=O)O)C2. The van der Waals surface area contributed by atoms with Crippen LogP contribution in [-0.4, -0.2) is 40.9 Å². The first-order valence-corrected chi connectivity index (χ1v) is 4.30. The Hall–Kier alpha value is -0.770. The maximum atomic E-state index is 10.6. The van der Waals surface area contributed by atoms with E-state index < -0.39 is 6.09 Å². The molecule has 2 atom stereocenters. The van der Waals surface area contributed by atoms with E-state index in [0.717, 1.165) is 12.8 Å². The summed E-state index contributed by atoms with van der Waals surface area (Å²) >= 11 is 0. The summed E-state index contributed by atoms with van der Waals surface area (Å²) in [7, 11) is 0. The van der Waals surface area contributed by atoms with Gasteiger partial charge in [0, 0.05) is 6.54 Å². The highest BCUT2D eigenvalue weighted by Gasteiger charge is 2.55. The Labute approximate surface area is 71.1 Å². The first-order chi connectivity index (χ1) is 5.64. The molecule has 1 N–H and O–H groups in total. The van der Waals surface area contributed by atoms with Crippen LogP contribution < -0.4 is 0 Å². The molecule has 0 aromatic heterocycles. The highest BCUT2D eigenvalue weighted by atomic mass is 16.6. The second-order valence-electron chi connectivity index (χ2n) is 3.63. The van der Waals surface area contributed by atoms with E-state index in [9.17, 15) is 4.79 Å². The van der Waals surface area contributed by atoms with E-state index >= 15 is 0 Å². The molecule has 12 heavy (non-hydrogen) atoms. The standard InChI is InChI=1S/C8H13NO3/c1-6-8(12-6)3-2-4-9(5-8)7(10)11/h6H,2-5H2,1H3,(H,10,11). The number of hydrogen-bond donors (Lipinski definition) is 1. The van der Waals surface area contributed by atoms with Crippen molar-refractivity contribution < 1.29 is 14.6 Å². The smallest absolute Gasteiger partial charge is 0.407 e. The molecular formula is C8H13NO3. The number of rotatable bonds is 0. The van der Waals surface area contributed by atoms with Crippen LogP contribution in [0, 0.1) is 0 Å². The molecule has 2 rings (SSSR count). The first kappa shape index (κ1) is 7.86. The van der Waals surface area contributed by atoms with Gasteiger partial charge in [0.05, 0.1) is 12.6 Å². The third-order valence-electron chi connectivity index (χ3n) is 2.85. The lowest BCUT2D eigenvalue weighted by molar-refractivity contribution is 0.105. The predicted molar refractivity (Wildman–Crippen MR) is 42.1 cm³/mol. The molecule has 0 bridgehead atoms. The van der Waals surface area contributed by atoms with Crippen LogP contribution >= 0.6 is 0 Å². The van der Waals surface area contributed by atoms with Crippen molar-refractivity contribution in [3.8, 4) is 0 Å². The second kappa shape index (κ2) is 2.36. The van der Waals surface area contributed by atoms with E-state index in [0.29, 0.717) is 13.1 Å². The normalized spacial score (nSPS) is 40.1. The fourth-order valence-corrected chi connectivity index (χ4v) is 1.96. The third kappa shape index (κ3) is 1.06. The Morgan fingerprint density at radius 1 is 1.75 bits per heavy atom. The molecule has 0 saturated carbocycles. The summed E-state index contributed by atoms with van der Waals surface area (Å²) < 4.78 is 5.42. The average Bonchev–Trinajstić information content (AvgIpc) is 2.61. The monoisotopic (exact) mass is 171 g/mol. The zero-order valence-corrected chi connectivity index (χ0v) is 7.12. The summed E-state index contributed by atoms with van der Waals surface area (Å²) in [6.07, 6.45) is 1.37. The van der Waals surface area contributed by atoms with E-state index in [-0.39, 0.29) is 11.7 Å². The molecule has 2 unspecified atom stereocenters. The largest absolute Gasteiger partial charge is 0.465 e. The van der Waals surface area contributed by atoms with Gasteiger partial charge in [-0.1, -0.05) is 0 Å². The molecule has 2 aliphatic rings. The molecular weight excluding hydrogens is 158 g/mol. The van der Waals surface area contributed by atoms with E-state index in [1.807, 2.05) is 6.92 Å². The maximum absolute atomic E-state index is 10.6. The maximum Gasteiger partial charge on any atom is 0.407 e. The Bertz CT molecular complexity index is 218. The average molecular weight is 171 g/mol. The summed E-state index contributed by atoms with van der Waals surface area (Å²) in [6, 6.07) is 0. The van der Waals surface area contributed by atoms with Crippen molar-refractivity contribution in [3.05, 3.63) is 0 Å². The number of hydrogen-bond acceptors (Lipinski definition) is 2. The molecule has 2 fully saturated rings. The number of piperidine rings is 1. The Kier molecular flexibility index (Phi) is 1.54. The van der Waals surface area contributed by atoms with Gasteiger partial charge in [-0.15, -0.1) is 0 Å². The molecule has 0 aliphatic carbocycles. The number of carbonyl (C=O) groups is 1. The van der Waals surface area contributed by atoms with Crippen molar-refractivity contribution in [1.29, 1.82) is 0 Å². The van der Waals surface area contributed by atoms with Crippen LogP contribution in [0.2, 0.25) is 0 Å². The van der Waals surface area contributed by atoms with Crippen LogP contribution in [0.25, 0.3) is 0 Å². The lowest BCUT2D eigenvalue weighted by Gasteiger charge is -2.28. The molecule has 1 amide bonds. The Morgan fingerprint density at radius 2 is 2.42 bits per heavy atom. The fourth-order valence-electron chi connectivity index (χ4n) is 1.96. The number of carboxylic acid groups (broad SMARTS) is 1. The van der Waals surface area contributed by atoms with Crippen molar-refractivity contribution >= 4 is 6.09 Å². The number of ether oxygens (including phenoxy) is 1. The van der Waals surface area contributed by atoms with Gasteiger partial charge in [-0.05, 0) is 19.8 Å².